The zero-order valence-electron chi connectivity index (χ0n) is 27.9. The Kier molecular flexibility index (Phi) is 11.1. The van der Waals surface area contributed by atoms with Crippen LogP contribution in [0.25, 0.3) is 11.1 Å². The van der Waals surface area contributed by atoms with E-state index in [1.807, 2.05) is 36.9 Å². The van der Waals surface area contributed by atoms with Crippen LogP contribution in [0.3, 0.4) is 0 Å². The molecule has 1 N–H and O–H groups in total. The molecule has 14 heteroatoms. The zero-order chi connectivity index (χ0) is 33.3. The summed E-state index contributed by atoms with van der Waals surface area (Å²) in [5.74, 6) is 1.44. The van der Waals surface area contributed by atoms with Crippen LogP contribution in [-0.2, 0) is 16.0 Å². The topological polar surface area (TPSA) is 150 Å². The third-order valence-corrected chi connectivity index (χ3v) is 9.04. The predicted molar refractivity (Wildman–Crippen MR) is 178 cm³/mol. The maximum absolute atomic E-state index is 9.67. The summed E-state index contributed by atoms with van der Waals surface area (Å²) in [4.78, 5) is 15.8. The molecule has 2 fully saturated rings. The minimum absolute atomic E-state index is 0.0832. The van der Waals surface area contributed by atoms with Gasteiger partial charge in [-0.15, -0.1) is 5.10 Å². The molecule has 254 valence electrons. The van der Waals surface area contributed by atoms with E-state index in [-0.39, 0.29) is 12.2 Å². The predicted octanol–water partition coefficient (Wildman–Crippen LogP) is 4.63. The first-order chi connectivity index (χ1) is 23.5. The number of hydrogen-bond acceptors (Lipinski definition) is 12. The third-order valence-electron chi connectivity index (χ3n) is 9.04. The first-order valence-corrected chi connectivity index (χ1v) is 16.7. The molecule has 48 heavy (non-hydrogen) atoms. The molecule has 2 aliphatic rings. The number of anilines is 2. The van der Waals surface area contributed by atoms with Crippen LogP contribution in [0, 0.1) is 11.3 Å². The van der Waals surface area contributed by atoms with Crippen molar-refractivity contribution in [3.63, 3.8) is 0 Å². The molecule has 0 amide bonds. The molecule has 1 saturated carbocycles. The van der Waals surface area contributed by atoms with Crippen LogP contribution in [0.2, 0.25) is 0 Å². The summed E-state index contributed by atoms with van der Waals surface area (Å²) in [5, 5.41) is 22.0. The van der Waals surface area contributed by atoms with Gasteiger partial charge in [-0.05, 0) is 57.2 Å². The van der Waals surface area contributed by atoms with Gasteiger partial charge in [-0.1, -0.05) is 6.07 Å². The maximum Gasteiger partial charge on any atom is 0.256 e. The average molecular weight is 657 g/mol. The smallest absolute Gasteiger partial charge is 0.256 e. The molecule has 0 bridgehead atoms. The molecule has 1 aliphatic heterocycles. The fourth-order valence-electron chi connectivity index (χ4n) is 6.22. The van der Waals surface area contributed by atoms with Crippen molar-refractivity contribution in [2.45, 2.75) is 76.8 Å². The molecule has 4 aromatic rings. The lowest BCUT2D eigenvalue weighted by Gasteiger charge is -2.38. The van der Waals surface area contributed by atoms with Gasteiger partial charge >= 0.3 is 0 Å². The van der Waals surface area contributed by atoms with Gasteiger partial charge in [0.1, 0.15) is 36.3 Å². The normalized spacial score (nSPS) is 19.7. The lowest BCUT2D eigenvalue weighted by Crippen LogP contribution is -2.45. The van der Waals surface area contributed by atoms with E-state index in [0.717, 1.165) is 75.2 Å². The highest BCUT2D eigenvalue weighted by atomic mass is 16.5. The number of nitrogens with one attached hydrogen (secondary N) is 1. The van der Waals surface area contributed by atoms with Gasteiger partial charge in [-0.2, -0.15) is 10.4 Å². The Morgan fingerprint density at radius 2 is 1.81 bits per heavy atom. The van der Waals surface area contributed by atoms with E-state index >= 15 is 0 Å². The summed E-state index contributed by atoms with van der Waals surface area (Å²) in [6.45, 7) is 8.62. The molecule has 1 aliphatic carbocycles. The molecule has 1 saturated heterocycles. The van der Waals surface area contributed by atoms with Crippen LogP contribution >= 0.6 is 0 Å². The van der Waals surface area contributed by atoms with Crippen molar-refractivity contribution in [3.8, 4) is 28.8 Å². The number of methoxy groups -OCH3 is 1. The Morgan fingerprint density at radius 1 is 1.04 bits per heavy atom. The first-order valence-electron chi connectivity index (χ1n) is 16.7. The Labute approximate surface area is 281 Å². The number of nitrogens with zero attached hydrogens (tertiary/aromatic N) is 9. The number of ether oxygens (including phenoxy) is 4. The third kappa shape index (κ3) is 8.46. The van der Waals surface area contributed by atoms with Gasteiger partial charge in [0.15, 0.2) is 0 Å². The second kappa shape index (κ2) is 16.0. The molecule has 3 aromatic heterocycles. The van der Waals surface area contributed by atoms with Gasteiger partial charge in [0.2, 0.25) is 5.95 Å². The molecular formula is C34H44N10O4. The van der Waals surface area contributed by atoms with Crippen LogP contribution < -0.4 is 14.8 Å². The van der Waals surface area contributed by atoms with Gasteiger partial charge in [-0.3, -0.25) is 9.58 Å². The van der Waals surface area contributed by atoms with Gasteiger partial charge in [0.25, 0.3) is 5.88 Å². The van der Waals surface area contributed by atoms with Gasteiger partial charge in [0.05, 0.1) is 50.3 Å². The number of rotatable bonds is 14. The highest BCUT2D eigenvalue weighted by Crippen LogP contribution is 2.35. The molecule has 6 rings (SSSR count). The van der Waals surface area contributed by atoms with Crippen molar-refractivity contribution in [2.24, 2.45) is 0 Å². The van der Waals surface area contributed by atoms with Crippen molar-refractivity contribution in [1.82, 2.24) is 39.4 Å². The summed E-state index contributed by atoms with van der Waals surface area (Å²) in [6.07, 6.45) is 13.6. The van der Waals surface area contributed by atoms with E-state index in [4.69, 9.17) is 24.0 Å². The van der Waals surface area contributed by atoms with Crippen molar-refractivity contribution < 1.29 is 18.9 Å². The van der Waals surface area contributed by atoms with Crippen molar-refractivity contribution in [3.05, 3.63) is 55.0 Å². The van der Waals surface area contributed by atoms with Gasteiger partial charge in [-0.25, -0.2) is 19.6 Å². The van der Waals surface area contributed by atoms with Crippen LogP contribution in [0.1, 0.15) is 57.6 Å². The number of hydrogen-bond donors (Lipinski definition) is 1. The number of morpholine rings is 1. The van der Waals surface area contributed by atoms with E-state index in [2.05, 4.69) is 36.3 Å². The Balaban J connectivity index is 1.14. The van der Waals surface area contributed by atoms with Crippen LogP contribution in [0.15, 0.2) is 49.4 Å². The van der Waals surface area contributed by atoms with E-state index < -0.39 is 0 Å². The summed E-state index contributed by atoms with van der Waals surface area (Å²) in [7, 11) is 1.70. The van der Waals surface area contributed by atoms with E-state index in [1.165, 1.54) is 6.33 Å². The minimum Gasteiger partial charge on any atom is -0.487 e. The lowest BCUT2D eigenvalue weighted by molar-refractivity contribution is 0.00502. The van der Waals surface area contributed by atoms with Crippen molar-refractivity contribution in [2.75, 3.05) is 45.3 Å². The largest absolute Gasteiger partial charge is 0.487 e. The van der Waals surface area contributed by atoms with Crippen molar-refractivity contribution in [1.29, 1.82) is 5.26 Å². The zero-order valence-corrected chi connectivity index (χ0v) is 27.9. The standard InChI is InChI=1S/C34H44N10O4/c1-24(45-3)10-13-47-33-31(21-44(41-33)30-8-6-29(7-9-30)42-11-14-46-15-12-42)40-34-37-18-28(19-38-34)26-4-5-27(17-35)32(16-26)48-25(2)20-43-23-36-22-39-43/h4-5,16,18-19,21-25,29-30H,6-15,20H2,1-3H3,(H,37,38,40)/t24?,25-,29?,30?/m0/s1. The van der Waals surface area contributed by atoms with Crippen LogP contribution in [-0.4, -0.2) is 97.7 Å². The molecule has 14 nitrogen and oxygen atoms in total. The summed E-state index contributed by atoms with van der Waals surface area (Å²) in [6, 6.07) is 8.57. The van der Waals surface area contributed by atoms with E-state index in [0.29, 0.717) is 48.4 Å². The fourth-order valence-corrected chi connectivity index (χ4v) is 6.22. The molecular weight excluding hydrogens is 612 g/mol. The minimum atomic E-state index is -0.230. The van der Waals surface area contributed by atoms with Crippen LogP contribution in [0.5, 0.6) is 11.6 Å². The monoisotopic (exact) mass is 656 g/mol. The second-order valence-corrected chi connectivity index (χ2v) is 12.4. The highest BCUT2D eigenvalue weighted by molar-refractivity contribution is 5.67. The number of benzene rings is 1. The average Bonchev–Trinajstić information content (AvgIpc) is 3.79. The molecule has 4 heterocycles. The number of nitriles is 1. The van der Waals surface area contributed by atoms with Crippen LogP contribution in [0.4, 0.5) is 11.6 Å². The Hall–Kier alpha value is -4.58. The lowest BCUT2D eigenvalue weighted by atomic mass is 9.90. The summed E-state index contributed by atoms with van der Waals surface area (Å²) in [5.41, 5.74) is 2.79. The quantitative estimate of drug-likeness (QED) is 0.202. The second-order valence-electron chi connectivity index (χ2n) is 12.4. The number of aromatic nitrogens is 7. The van der Waals surface area contributed by atoms with Gasteiger partial charge < -0.3 is 24.3 Å². The molecule has 1 aromatic carbocycles. The summed E-state index contributed by atoms with van der Waals surface area (Å²) < 4.78 is 27.0. The maximum atomic E-state index is 9.67. The Bertz CT molecular complexity index is 1620. The Morgan fingerprint density at radius 3 is 2.52 bits per heavy atom. The first kappa shape index (κ1) is 33.3. The van der Waals surface area contributed by atoms with E-state index in [1.54, 1.807) is 36.6 Å². The molecule has 1 unspecified atom stereocenters. The molecule has 0 spiro atoms. The SMILES string of the molecule is COC(C)CCOc1nn(C2CCC(N3CCOCC3)CC2)cc1Nc1ncc(-c2ccc(C#N)c(O[C@@H](C)Cn3cncn3)c2)cn1. The van der Waals surface area contributed by atoms with E-state index in [9.17, 15) is 5.26 Å². The van der Waals surface area contributed by atoms with Crippen molar-refractivity contribution >= 4 is 11.6 Å². The molecule has 0 radical (unpaired) electrons. The summed E-state index contributed by atoms with van der Waals surface area (Å²) >= 11 is 0. The molecule has 2 atom stereocenters. The highest BCUT2D eigenvalue weighted by Gasteiger charge is 2.29. The van der Waals surface area contributed by atoms with Gasteiger partial charge in [0, 0.05) is 50.6 Å². The fraction of sp³-hybridized carbons (Fsp3) is 0.529.